The van der Waals surface area contributed by atoms with Gasteiger partial charge in [0.2, 0.25) is 0 Å². The number of carbonyl (C=O) groups is 1. The maximum Gasteiger partial charge on any atom is 0.307 e. The van der Waals surface area contributed by atoms with Gasteiger partial charge in [-0.05, 0) is 6.07 Å². The van der Waals surface area contributed by atoms with Crippen molar-refractivity contribution in [2.75, 3.05) is 7.11 Å². The first-order valence-electron chi connectivity index (χ1n) is 4.72. The SMILES string of the molecule is COC(=O)C[C@@H](N)c1cc([N+](=O)[O-])ccc1F. The number of nitro groups is 1. The summed E-state index contributed by atoms with van der Waals surface area (Å²) >= 11 is 0. The quantitative estimate of drug-likeness (QED) is 0.487. The molecule has 0 spiro atoms. The highest BCUT2D eigenvalue weighted by Crippen LogP contribution is 2.23. The summed E-state index contributed by atoms with van der Waals surface area (Å²) in [5.41, 5.74) is 5.22. The molecule has 1 atom stereocenters. The summed E-state index contributed by atoms with van der Waals surface area (Å²) in [6.07, 6.45) is -0.241. The smallest absolute Gasteiger partial charge is 0.307 e. The number of rotatable bonds is 4. The molecule has 0 aliphatic carbocycles. The first-order chi connectivity index (χ1) is 7.95. The van der Waals surface area contributed by atoms with Crippen molar-refractivity contribution in [3.8, 4) is 0 Å². The zero-order valence-corrected chi connectivity index (χ0v) is 9.05. The van der Waals surface area contributed by atoms with Crippen LogP contribution in [-0.2, 0) is 9.53 Å². The van der Waals surface area contributed by atoms with Crippen LogP contribution >= 0.6 is 0 Å². The Morgan fingerprint density at radius 3 is 2.82 bits per heavy atom. The van der Waals surface area contributed by atoms with Gasteiger partial charge in [0.15, 0.2) is 0 Å². The molecule has 0 radical (unpaired) electrons. The van der Waals surface area contributed by atoms with E-state index in [-0.39, 0.29) is 17.7 Å². The Balaban J connectivity index is 2.99. The van der Waals surface area contributed by atoms with Gasteiger partial charge in [-0.3, -0.25) is 14.9 Å². The lowest BCUT2D eigenvalue weighted by atomic mass is 10.0. The number of benzene rings is 1. The minimum Gasteiger partial charge on any atom is -0.469 e. The van der Waals surface area contributed by atoms with Crippen LogP contribution in [0.3, 0.4) is 0 Å². The Bertz CT molecular complexity index is 450. The van der Waals surface area contributed by atoms with Gasteiger partial charge < -0.3 is 10.5 Å². The maximum absolute atomic E-state index is 13.4. The highest BCUT2D eigenvalue weighted by Gasteiger charge is 2.19. The molecule has 0 aliphatic rings. The Kier molecular flexibility index (Phi) is 4.11. The third kappa shape index (κ3) is 3.22. The van der Waals surface area contributed by atoms with Crippen LogP contribution in [0.2, 0.25) is 0 Å². The summed E-state index contributed by atoms with van der Waals surface area (Å²) in [7, 11) is 1.18. The van der Waals surface area contributed by atoms with Crippen LogP contribution in [0.5, 0.6) is 0 Å². The summed E-state index contributed by atoms with van der Waals surface area (Å²) in [6, 6.07) is 2.03. The van der Waals surface area contributed by atoms with Gasteiger partial charge in [-0.1, -0.05) is 0 Å². The molecule has 0 saturated carbocycles. The Labute approximate surface area is 96.3 Å². The zero-order chi connectivity index (χ0) is 13.0. The monoisotopic (exact) mass is 242 g/mol. The van der Waals surface area contributed by atoms with Gasteiger partial charge in [0.05, 0.1) is 18.5 Å². The molecule has 0 heterocycles. The van der Waals surface area contributed by atoms with Gasteiger partial charge >= 0.3 is 5.97 Å². The normalized spacial score (nSPS) is 11.9. The number of nitrogens with zero attached hydrogens (tertiary/aromatic N) is 1. The molecule has 0 amide bonds. The van der Waals surface area contributed by atoms with Crippen LogP contribution in [0.4, 0.5) is 10.1 Å². The second kappa shape index (κ2) is 5.35. The molecule has 0 saturated heterocycles. The standard InChI is InChI=1S/C10H11FN2O4/c1-17-10(14)5-9(12)7-4-6(13(15)16)2-3-8(7)11/h2-4,9H,5,12H2,1H3/t9-/m1/s1. The molecule has 0 aromatic heterocycles. The van der Waals surface area contributed by atoms with Gasteiger partial charge in [-0.25, -0.2) is 4.39 Å². The van der Waals surface area contributed by atoms with Crippen molar-refractivity contribution >= 4 is 11.7 Å². The van der Waals surface area contributed by atoms with Crippen LogP contribution < -0.4 is 5.73 Å². The van der Waals surface area contributed by atoms with Crippen LogP contribution in [0.1, 0.15) is 18.0 Å². The molecular formula is C10H11FN2O4. The zero-order valence-electron chi connectivity index (χ0n) is 9.05. The van der Waals surface area contributed by atoms with E-state index < -0.39 is 22.8 Å². The molecule has 6 nitrogen and oxygen atoms in total. The molecular weight excluding hydrogens is 231 g/mol. The second-order valence-corrected chi connectivity index (χ2v) is 3.35. The molecule has 0 bridgehead atoms. The van der Waals surface area contributed by atoms with E-state index in [9.17, 15) is 19.3 Å². The van der Waals surface area contributed by atoms with Gasteiger partial charge in [-0.2, -0.15) is 0 Å². The number of non-ortho nitro benzene ring substituents is 1. The Morgan fingerprint density at radius 1 is 1.65 bits per heavy atom. The van der Waals surface area contributed by atoms with E-state index in [1.807, 2.05) is 0 Å². The molecule has 1 aromatic carbocycles. The van der Waals surface area contributed by atoms with Crippen molar-refractivity contribution in [1.82, 2.24) is 0 Å². The number of nitro benzene ring substituents is 1. The molecule has 0 aliphatic heterocycles. The van der Waals surface area contributed by atoms with E-state index in [1.165, 1.54) is 7.11 Å². The largest absolute Gasteiger partial charge is 0.469 e. The molecule has 2 N–H and O–H groups in total. The summed E-state index contributed by atoms with van der Waals surface area (Å²) < 4.78 is 17.8. The molecule has 92 valence electrons. The van der Waals surface area contributed by atoms with E-state index in [4.69, 9.17) is 5.73 Å². The lowest BCUT2D eigenvalue weighted by molar-refractivity contribution is -0.385. The molecule has 1 rings (SSSR count). The van der Waals surface area contributed by atoms with Gasteiger partial charge in [0, 0.05) is 23.7 Å². The number of ether oxygens (including phenoxy) is 1. The van der Waals surface area contributed by atoms with Gasteiger partial charge in [0.25, 0.3) is 5.69 Å². The van der Waals surface area contributed by atoms with E-state index in [0.29, 0.717) is 0 Å². The van der Waals surface area contributed by atoms with Gasteiger partial charge in [0.1, 0.15) is 5.82 Å². The first kappa shape index (κ1) is 13.0. The fourth-order valence-electron chi connectivity index (χ4n) is 1.30. The number of halogens is 1. The highest BCUT2D eigenvalue weighted by molar-refractivity contribution is 5.70. The number of hydrogen-bond donors (Lipinski definition) is 1. The van der Waals surface area contributed by atoms with E-state index in [0.717, 1.165) is 18.2 Å². The van der Waals surface area contributed by atoms with Crippen molar-refractivity contribution in [3.05, 3.63) is 39.7 Å². The summed E-state index contributed by atoms with van der Waals surface area (Å²) in [4.78, 5) is 20.8. The van der Waals surface area contributed by atoms with Crippen LogP contribution in [0, 0.1) is 15.9 Å². The van der Waals surface area contributed by atoms with Crippen LogP contribution in [0.15, 0.2) is 18.2 Å². The number of carbonyl (C=O) groups excluding carboxylic acids is 1. The third-order valence-corrected chi connectivity index (χ3v) is 2.20. The number of nitrogens with two attached hydrogens (primary N) is 1. The molecule has 0 unspecified atom stereocenters. The first-order valence-corrected chi connectivity index (χ1v) is 4.72. The third-order valence-electron chi connectivity index (χ3n) is 2.20. The van der Waals surface area contributed by atoms with E-state index in [2.05, 4.69) is 4.74 Å². The topological polar surface area (TPSA) is 95.5 Å². The van der Waals surface area contributed by atoms with E-state index >= 15 is 0 Å². The van der Waals surface area contributed by atoms with Crippen molar-refractivity contribution in [3.63, 3.8) is 0 Å². The number of hydrogen-bond acceptors (Lipinski definition) is 5. The average Bonchev–Trinajstić information content (AvgIpc) is 2.28. The summed E-state index contributed by atoms with van der Waals surface area (Å²) in [5, 5.41) is 10.5. The number of methoxy groups -OCH3 is 1. The summed E-state index contributed by atoms with van der Waals surface area (Å²) in [6.45, 7) is 0. The van der Waals surface area contributed by atoms with Crippen LogP contribution in [-0.4, -0.2) is 18.0 Å². The lowest BCUT2D eigenvalue weighted by Gasteiger charge is -2.11. The van der Waals surface area contributed by atoms with Gasteiger partial charge in [-0.15, -0.1) is 0 Å². The fraction of sp³-hybridized carbons (Fsp3) is 0.300. The minimum absolute atomic E-state index is 0.0791. The second-order valence-electron chi connectivity index (χ2n) is 3.35. The predicted molar refractivity (Wildman–Crippen MR) is 56.6 cm³/mol. The summed E-state index contributed by atoms with van der Waals surface area (Å²) in [5.74, 6) is -1.30. The minimum atomic E-state index is -0.970. The van der Waals surface area contributed by atoms with Crippen molar-refractivity contribution in [1.29, 1.82) is 0 Å². The van der Waals surface area contributed by atoms with Crippen molar-refractivity contribution in [2.45, 2.75) is 12.5 Å². The predicted octanol–water partition coefficient (Wildman–Crippen LogP) is 1.30. The van der Waals surface area contributed by atoms with Crippen molar-refractivity contribution < 1.29 is 18.8 Å². The average molecular weight is 242 g/mol. The molecule has 0 fully saturated rings. The molecule has 1 aromatic rings. The Morgan fingerprint density at radius 2 is 2.29 bits per heavy atom. The molecule has 7 heteroatoms. The number of esters is 1. The van der Waals surface area contributed by atoms with Crippen molar-refractivity contribution in [2.24, 2.45) is 5.73 Å². The van der Waals surface area contributed by atoms with Crippen LogP contribution in [0.25, 0.3) is 0 Å². The Hall–Kier alpha value is -2.02. The maximum atomic E-state index is 13.4. The lowest BCUT2D eigenvalue weighted by Crippen LogP contribution is -2.17. The fourth-order valence-corrected chi connectivity index (χ4v) is 1.30. The molecule has 17 heavy (non-hydrogen) atoms. The van der Waals surface area contributed by atoms with E-state index in [1.54, 1.807) is 0 Å². The highest BCUT2D eigenvalue weighted by atomic mass is 19.1.